The second-order valence-electron chi connectivity index (χ2n) is 19.1. The van der Waals surface area contributed by atoms with Crippen LogP contribution in [0.25, 0.3) is 22.2 Å². The Morgan fingerprint density at radius 1 is 1.05 bits per heavy atom. The lowest BCUT2D eigenvalue weighted by atomic mass is 9.85. The summed E-state index contributed by atoms with van der Waals surface area (Å²) in [4.78, 5) is 63.1. The highest BCUT2D eigenvalue weighted by Crippen LogP contribution is 2.52. The van der Waals surface area contributed by atoms with Crippen molar-refractivity contribution in [3.05, 3.63) is 67.3 Å². The molecule has 4 amide bonds. The molecule has 5 atom stereocenters. The van der Waals surface area contributed by atoms with Gasteiger partial charge in [0.1, 0.15) is 53.1 Å². The van der Waals surface area contributed by atoms with Crippen LogP contribution in [-0.4, -0.2) is 93.7 Å². The first-order chi connectivity index (χ1) is 28.8. The average molecular weight is 857 g/mol. The van der Waals surface area contributed by atoms with E-state index in [1.54, 1.807) is 41.0 Å². The zero-order valence-corrected chi connectivity index (χ0v) is 37.4. The van der Waals surface area contributed by atoms with E-state index in [0.717, 1.165) is 48.4 Å². The van der Waals surface area contributed by atoms with Crippen LogP contribution in [0.5, 0.6) is 11.5 Å². The Bertz CT molecular complexity index is 2150. The van der Waals surface area contributed by atoms with Crippen molar-refractivity contribution >= 4 is 46.9 Å². The highest BCUT2D eigenvalue weighted by molar-refractivity contribution is 7.92. The smallest absolute Gasteiger partial charge is 0.408 e. The van der Waals surface area contributed by atoms with E-state index in [9.17, 15) is 19.2 Å². The minimum Gasteiger partial charge on any atom is -0.497 e. The molecule has 2 aromatic carbocycles. The lowest BCUT2D eigenvalue weighted by molar-refractivity contribution is -0.143. The summed E-state index contributed by atoms with van der Waals surface area (Å²) in [6.45, 7) is 14.7. The number of fused-ring (bicyclic) bond motifs is 1. The maximum absolute atomic E-state index is 14.8. The number of amides is 4. The number of pyridine rings is 1. The van der Waals surface area contributed by atoms with Gasteiger partial charge < -0.3 is 29.7 Å². The molecule has 3 saturated carbocycles. The van der Waals surface area contributed by atoms with E-state index in [1.165, 1.54) is 22.2 Å². The van der Waals surface area contributed by atoms with Crippen LogP contribution in [0.3, 0.4) is 0 Å². The highest BCUT2D eigenvalue weighted by Gasteiger charge is 2.61. The van der Waals surface area contributed by atoms with Crippen LogP contribution in [0.1, 0.15) is 86.5 Å². The van der Waals surface area contributed by atoms with Gasteiger partial charge in [0.05, 0.1) is 30.5 Å². The zero-order valence-electron chi connectivity index (χ0n) is 36.5. The summed E-state index contributed by atoms with van der Waals surface area (Å²) < 4.78 is 25.6. The molecule has 0 spiro atoms. The predicted octanol–water partition coefficient (Wildman–Crippen LogP) is 7.13. The number of aromatic nitrogens is 1. The third-order valence-electron chi connectivity index (χ3n) is 11.8. The molecule has 0 radical (unpaired) electrons. The third-order valence-corrected chi connectivity index (χ3v) is 12.5. The SMILES string of the molecule is C=C[C@@H]1C[C@]1(NC(=O)C1C[C@@H](Oc2cc(-c3ccccc3)nc3cc(OC)ccc23)CN1C(=O)[C@@H](NC(=O)OC(C)(C)C)C(C)(C)C)C(=O)NN(C)SOC1(CC2CC2)CC1. The van der Waals surface area contributed by atoms with Crippen molar-refractivity contribution in [2.75, 3.05) is 20.7 Å². The van der Waals surface area contributed by atoms with Crippen LogP contribution in [0, 0.1) is 17.3 Å². The molecular formula is C46H60N6O8S. The molecule has 3 aliphatic carbocycles. The van der Waals surface area contributed by atoms with Crippen molar-refractivity contribution in [2.24, 2.45) is 17.3 Å². The van der Waals surface area contributed by atoms with Gasteiger partial charge in [-0.25, -0.2) is 9.78 Å². The number of ether oxygens (including phenoxy) is 3. The first-order valence-electron chi connectivity index (χ1n) is 21.2. The van der Waals surface area contributed by atoms with Gasteiger partial charge in [0.2, 0.25) is 11.8 Å². The van der Waals surface area contributed by atoms with Gasteiger partial charge in [-0.2, -0.15) is 0 Å². The fourth-order valence-corrected chi connectivity index (χ4v) is 8.62. The first-order valence-corrected chi connectivity index (χ1v) is 21.9. The predicted molar refractivity (Wildman–Crippen MR) is 234 cm³/mol. The molecular weight excluding hydrogens is 797 g/mol. The number of alkyl carbamates (subject to hydrolysis) is 1. The number of methoxy groups -OCH3 is 1. The number of hydrogen-bond acceptors (Lipinski definition) is 11. The summed E-state index contributed by atoms with van der Waals surface area (Å²) in [5.41, 5.74) is 2.06. The summed E-state index contributed by atoms with van der Waals surface area (Å²) in [6.07, 6.45) is 6.20. The summed E-state index contributed by atoms with van der Waals surface area (Å²) in [6, 6.07) is 15.0. The molecule has 14 nitrogen and oxygen atoms in total. The highest BCUT2D eigenvalue weighted by atomic mass is 32.2. The van der Waals surface area contributed by atoms with Crippen LogP contribution >= 0.6 is 12.2 Å². The van der Waals surface area contributed by atoms with Gasteiger partial charge in [0.25, 0.3) is 5.91 Å². The van der Waals surface area contributed by atoms with E-state index < -0.39 is 58.6 Å². The van der Waals surface area contributed by atoms with Gasteiger partial charge in [-0.3, -0.25) is 24.0 Å². The van der Waals surface area contributed by atoms with Gasteiger partial charge in [0.15, 0.2) is 0 Å². The third kappa shape index (κ3) is 10.4. The number of rotatable bonds is 16. The lowest BCUT2D eigenvalue weighted by Crippen LogP contribution is -2.60. The van der Waals surface area contributed by atoms with E-state index >= 15 is 0 Å². The van der Waals surface area contributed by atoms with E-state index in [0.29, 0.717) is 29.1 Å². The average Bonchev–Trinajstić information content (AvgIpc) is 4.16. The molecule has 4 aliphatic rings. The lowest BCUT2D eigenvalue weighted by Gasteiger charge is -2.36. The monoisotopic (exact) mass is 856 g/mol. The molecule has 3 aromatic rings. The van der Waals surface area contributed by atoms with E-state index in [4.69, 9.17) is 23.4 Å². The summed E-state index contributed by atoms with van der Waals surface area (Å²) in [5, 5.41) is 6.55. The fraction of sp³-hybridized carbons (Fsp3) is 0.543. The van der Waals surface area contributed by atoms with E-state index in [2.05, 4.69) is 22.6 Å². The molecule has 1 saturated heterocycles. The van der Waals surface area contributed by atoms with Crippen molar-refractivity contribution in [1.29, 1.82) is 0 Å². The van der Waals surface area contributed by atoms with Gasteiger partial charge >= 0.3 is 6.09 Å². The Morgan fingerprint density at radius 3 is 2.38 bits per heavy atom. The molecule has 1 aromatic heterocycles. The quantitative estimate of drug-likeness (QED) is 0.0582. The van der Waals surface area contributed by atoms with Gasteiger partial charge in [-0.15, -0.1) is 11.0 Å². The van der Waals surface area contributed by atoms with Crippen LogP contribution in [0.4, 0.5) is 4.79 Å². The van der Waals surface area contributed by atoms with Crippen LogP contribution in [0.15, 0.2) is 67.3 Å². The van der Waals surface area contributed by atoms with Gasteiger partial charge in [-0.1, -0.05) is 70.0 Å². The van der Waals surface area contributed by atoms with Crippen molar-refractivity contribution in [1.82, 2.24) is 30.4 Å². The maximum atomic E-state index is 14.8. The number of carbonyl (C=O) groups excluding carboxylic acids is 4. The first kappa shape index (κ1) is 44.2. The Balaban J connectivity index is 1.15. The van der Waals surface area contributed by atoms with Crippen molar-refractivity contribution < 1.29 is 37.6 Å². The Kier molecular flexibility index (Phi) is 12.4. The van der Waals surface area contributed by atoms with Crippen molar-refractivity contribution in [3.8, 4) is 22.8 Å². The minimum atomic E-state index is -1.30. The molecule has 4 fully saturated rings. The van der Waals surface area contributed by atoms with E-state index in [-0.39, 0.29) is 24.5 Å². The molecule has 7 rings (SSSR count). The molecule has 1 unspecified atom stereocenters. The largest absolute Gasteiger partial charge is 0.497 e. The number of nitrogens with zero attached hydrogens (tertiary/aromatic N) is 3. The molecule has 61 heavy (non-hydrogen) atoms. The maximum Gasteiger partial charge on any atom is 0.408 e. The second kappa shape index (κ2) is 17.1. The summed E-state index contributed by atoms with van der Waals surface area (Å²) in [5.74, 6) is 0.108. The number of likely N-dealkylation sites (tertiary alicyclic amines) is 1. The number of hydrazine groups is 1. The van der Waals surface area contributed by atoms with Gasteiger partial charge in [-0.05, 0) is 69.9 Å². The van der Waals surface area contributed by atoms with Crippen LogP contribution < -0.4 is 25.5 Å². The molecule has 15 heteroatoms. The molecule has 1 aliphatic heterocycles. The van der Waals surface area contributed by atoms with Crippen molar-refractivity contribution in [2.45, 2.75) is 121 Å². The van der Waals surface area contributed by atoms with E-state index in [1.807, 2.05) is 75.4 Å². The number of carbonyl (C=O) groups is 4. The Hall–Kier alpha value is -4.86. The molecule has 0 bridgehead atoms. The zero-order chi connectivity index (χ0) is 43.9. The standard InChI is InChI=1S/C46H60N6O8S/c1-10-30-26-46(30,41(55)50-51(8)61-60-45(20-21-45)25-28-16-17-28)49-39(53)36-23-32(27-52(36)40(54)38(43(2,3)4)48-42(56)59-44(5,6)7)58-37-24-34(29-14-12-11-13-15-29)47-35-22-31(57-9)18-19-33(35)37/h10-15,18-19,22,24,28,30,32,36,38H,1,16-17,20-21,23,25-27H2,2-9H3,(H,48,56)(H,49,53)(H,50,55)/t30-,32-,36?,38-,46-/m1/s1. The summed E-state index contributed by atoms with van der Waals surface area (Å²) >= 11 is 1.10. The van der Waals surface area contributed by atoms with Crippen molar-refractivity contribution in [3.63, 3.8) is 0 Å². The van der Waals surface area contributed by atoms with Crippen LogP contribution in [-0.2, 0) is 23.3 Å². The number of hydrogen-bond donors (Lipinski definition) is 3. The normalized spacial score (nSPS) is 23.5. The topological polar surface area (TPSA) is 161 Å². The number of nitrogens with one attached hydrogen (secondary N) is 3. The number of benzene rings is 2. The Morgan fingerprint density at radius 2 is 1.77 bits per heavy atom. The Labute approximate surface area is 363 Å². The minimum absolute atomic E-state index is 0.0174. The molecule has 2 heterocycles. The van der Waals surface area contributed by atoms with Crippen LogP contribution in [0.2, 0.25) is 0 Å². The fourth-order valence-electron chi connectivity index (χ4n) is 7.99. The molecule has 328 valence electrons. The van der Waals surface area contributed by atoms with Gasteiger partial charge in [0, 0.05) is 42.5 Å². The molecule has 3 N–H and O–H groups in total. The second-order valence-corrected chi connectivity index (χ2v) is 20.0. The summed E-state index contributed by atoms with van der Waals surface area (Å²) in [7, 11) is 3.30.